The van der Waals surface area contributed by atoms with Crippen LogP contribution < -0.4 is 11.1 Å². The van der Waals surface area contributed by atoms with Crippen LogP contribution in [-0.4, -0.2) is 18.2 Å². The Hall–Kier alpha value is -2.27. The van der Waals surface area contributed by atoms with Crippen molar-refractivity contribution in [1.29, 1.82) is 0 Å². The highest BCUT2D eigenvalue weighted by Gasteiger charge is 2.21. The molecule has 0 aliphatic rings. The fourth-order valence-corrected chi connectivity index (χ4v) is 2.11. The molecule has 0 bridgehead atoms. The van der Waals surface area contributed by atoms with Gasteiger partial charge in [0.1, 0.15) is 23.2 Å². The minimum atomic E-state index is -0.556. The van der Waals surface area contributed by atoms with Crippen LogP contribution in [0.4, 0.5) is 4.79 Å². The largest absolute Gasteiger partial charge is 0.459 e. The Morgan fingerprint density at radius 2 is 1.87 bits per heavy atom. The highest BCUT2D eigenvalue weighted by molar-refractivity contribution is 5.68. The molecule has 2 rings (SSSR count). The summed E-state index contributed by atoms with van der Waals surface area (Å²) in [5.41, 5.74) is 7.37. The summed E-state index contributed by atoms with van der Waals surface area (Å²) in [4.78, 5) is 11.9. The molecule has 1 atom stereocenters. The van der Waals surface area contributed by atoms with E-state index in [1.54, 1.807) is 0 Å². The second-order valence-corrected chi connectivity index (χ2v) is 6.50. The van der Waals surface area contributed by atoms with E-state index in [4.69, 9.17) is 14.9 Å². The summed E-state index contributed by atoms with van der Waals surface area (Å²) in [6.45, 7) is 7.69. The van der Waals surface area contributed by atoms with E-state index in [0.29, 0.717) is 5.76 Å². The molecular formula is C18H24N2O3. The highest BCUT2D eigenvalue weighted by atomic mass is 16.6. The van der Waals surface area contributed by atoms with Gasteiger partial charge in [-0.05, 0) is 39.8 Å². The first kappa shape index (κ1) is 17.1. The molecule has 3 N–H and O–H groups in total. The Kier molecular flexibility index (Phi) is 5.11. The number of hydrogen-bond donors (Lipinski definition) is 2. The van der Waals surface area contributed by atoms with Crippen LogP contribution in [0.3, 0.4) is 0 Å². The van der Waals surface area contributed by atoms with Crippen LogP contribution in [-0.2, 0) is 4.74 Å². The maximum absolute atomic E-state index is 11.9. The summed E-state index contributed by atoms with van der Waals surface area (Å²) in [6, 6.07) is 11.3. The number of carbonyl (C=O) groups excluding carboxylic acids is 1. The van der Waals surface area contributed by atoms with Crippen LogP contribution in [0.5, 0.6) is 0 Å². The normalized spacial score (nSPS) is 12.7. The van der Waals surface area contributed by atoms with Crippen LogP contribution in [0.15, 0.2) is 40.8 Å². The standard InChI is InChI=1S/C18H24N2O3/c1-12-5-7-13(8-6-12)15-9-10-16(22-15)14(11-19)20-17(21)23-18(2,3)4/h5-10,14H,11,19H2,1-4H3,(H,20,21). The molecule has 1 heterocycles. The Morgan fingerprint density at radius 1 is 1.22 bits per heavy atom. The van der Waals surface area contributed by atoms with Crippen LogP contribution in [0.25, 0.3) is 11.3 Å². The first-order valence-corrected chi connectivity index (χ1v) is 7.65. The van der Waals surface area contributed by atoms with E-state index in [2.05, 4.69) is 5.32 Å². The minimum Gasteiger partial charge on any atom is -0.459 e. The maximum atomic E-state index is 11.9. The van der Waals surface area contributed by atoms with E-state index < -0.39 is 17.7 Å². The third kappa shape index (κ3) is 4.86. The maximum Gasteiger partial charge on any atom is 0.408 e. The molecule has 23 heavy (non-hydrogen) atoms. The van der Waals surface area contributed by atoms with Gasteiger partial charge in [0, 0.05) is 12.1 Å². The number of nitrogens with one attached hydrogen (secondary N) is 1. The predicted octanol–water partition coefficient (Wildman–Crippen LogP) is 3.78. The molecule has 0 aliphatic carbocycles. The van der Waals surface area contributed by atoms with Crippen molar-refractivity contribution in [2.45, 2.75) is 39.3 Å². The molecule has 5 heteroatoms. The molecule has 0 spiro atoms. The monoisotopic (exact) mass is 316 g/mol. The second-order valence-electron chi connectivity index (χ2n) is 6.50. The number of amides is 1. The average molecular weight is 316 g/mol. The quantitative estimate of drug-likeness (QED) is 0.900. The minimum absolute atomic E-state index is 0.222. The van der Waals surface area contributed by atoms with E-state index >= 15 is 0 Å². The van der Waals surface area contributed by atoms with Crippen LogP contribution >= 0.6 is 0 Å². The first-order chi connectivity index (χ1) is 10.8. The van der Waals surface area contributed by atoms with Gasteiger partial charge in [0.2, 0.25) is 0 Å². The summed E-state index contributed by atoms with van der Waals surface area (Å²) in [6.07, 6.45) is -0.513. The van der Waals surface area contributed by atoms with E-state index in [1.165, 1.54) is 5.56 Å². The van der Waals surface area contributed by atoms with E-state index in [0.717, 1.165) is 11.3 Å². The van der Waals surface area contributed by atoms with Gasteiger partial charge in [0.25, 0.3) is 0 Å². The van der Waals surface area contributed by atoms with Crippen molar-refractivity contribution in [2.24, 2.45) is 5.73 Å². The van der Waals surface area contributed by atoms with Gasteiger partial charge in [0.05, 0.1) is 0 Å². The number of furan rings is 1. The number of alkyl carbamates (subject to hydrolysis) is 1. The second kappa shape index (κ2) is 6.87. The van der Waals surface area contributed by atoms with Gasteiger partial charge in [-0.3, -0.25) is 0 Å². The Morgan fingerprint density at radius 3 is 2.43 bits per heavy atom. The zero-order valence-electron chi connectivity index (χ0n) is 14.1. The van der Waals surface area contributed by atoms with Crippen molar-refractivity contribution >= 4 is 6.09 Å². The molecule has 5 nitrogen and oxygen atoms in total. The molecule has 0 radical (unpaired) electrons. The molecule has 2 aromatic rings. The zero-order chi connectivity index (χ0) is 17.0. The summed E-state index contributed by atoms with van der Waals surface area (Å²) in [7, 11) is 0. The molecule has 1 unspecified atom stereocenters. The number of ether oxygens (including phenoxy) is 1. The van der Waals surface area contributed by atoms with Gasteiger partial charge in [-0.2, -0.15) is 0 Å². The summed E-state index contributed by atoms with van der Waals surface area (Å²) in [5.74, 6) is 1.35. The molecule has 1 aromatic heterocycles. The van der Waals surface area contributed by atoms with Crippen molar-refractivity contribution < 1.29 is 13.9 Å². The molecule has 1 aromatic carbocycles. The number of aryl methyl sites for hydroxylation is 1. The van der Waals surface area contributed by atoms with Gasteiger partial charge in [-0.25, -0.2) is 4.79 Å². The molecular weight excluding hydrogens is 292 g/mol. The van der Waals surface area contributed by atoms with Crippen LogP contribution in [0, 0.1) is 6.92 Å². The van der Waals surface area contributed by atoms with Crippen molar-refractivity contribution in [3.8, 4) is 11.3 Å². The van der Waals surface area contributed by atoms with E-state index in [9.17, 15) is 4.79 Å². The van der Waals surface area contributed by atoms with Crippen molar-refractivity contribution in [3.05, 3.63) is 47.7 Å². The topological polar surface area (TPSA) is 77.5 Å². The fraction of sp³-hybridized carbons (Fsp3) is 0.389. The van der Waals surface area contributed by atoms with Gasteiger partial charge < -0.3 is 20.2 Å². The van der Waals surface area contributed by atoms with E-state index in [-0.39, 0.29) is 6.54 Å². The Labute approximate surface area is 136 Å². The third-order valence-corrected chi connectivity index (χ3v) is 3.23. The van der Waals surface area contributed by atoms with E-state index in [1.807, 2.05) is 64.1 Å². The molecule has 1 amide bonds. The molecule has 124 valence electrons. The lowest BCUT2D eigenvalue weighted by Crippen LogP contribution is -2.37. The molecule has 0 saturated carbocycles. The first-order valence-electron chi connectivity index (χ1n) is 7.65. The van der Waals surface area contributed by atoms with Gasteiger partial charge in [-0.1, -0.05) is 29.8 Å². The van der Waals surface area contributed by atoms with Crippen LogP contribution in [0.2, 0.25) is 0 Å². The van der Waals surface area contributed by atoms with Crippen molar-refractivity contribution in [3.63, 3.8) is 0 Å². The molecule has 0 aliphatic heterocycles. The molecule has 0 saturated heterocycles. The average Bonchev–Trinajstić information content (AvgIpc) is 2.93. The Balaban J connectivity index is 2.10. The highest BCUT2D eigenvalue weighted by Crippen LogP contribution is 2.25. The lowest BCUT2D eigenvalue weighted by molar-refractivity contribution is 0.0499. The number of benzene rings is 1. The van der Waals surface area contributed by atoms with Gasteiger partial charge >= 0.3 is 6.09 Å². The number of carbonyl (C=O) groups is 1. The van der Waals surface area contributed by atoms with Crippen molar-refractivity contribution in [1.82, 2.24) is 5.32 Å². The SMILES string of the molecule is Cc1ccc(-c2ccc(C(CN)NC(=O)OC(C)(C)C)o2)cc1. The lowest BCUT2D eigenvalue weighted by Gasteiger charge is -2.22. The van der Waals surface area contributed by atoms with Crippen LogP contribution in [0.1, 0.15) is 38.1 Å². The summed E-state index contributed by atoms with van der Waals surface area (Å²) in [5, 5.41) is 2.73. The predicted molar refractivity (Wildman–Crippen MR) is 90.0 cm³/mol. The number of hydrogen-bond acceptors (Lipinski definition) is 4. The number of rotatable bonds is 4. The third-order valence-electron chi connectivity index (χ3n) is 3.23. The Bertz CT molecular complexity index is 654. The molecule has 0 fully saturated rings. The van der Waals surface area contributed by atoms with Gasteiger partial charge in [0.15, 0.2) is 0 Å². The lowest BCUT2D eigenvalue weighted by atomic mass is 10.1. The fourth-order valence-electron chi connectivity index (χ4n) is 2.11. The van der Waals surface area contributed by atoms with Gasteiger partial charge in [-0.15, -0.1) is 0 Å². The summed E-state index contributed by atoms with van der Waals surface area (Å²) < 4.78 is 11.1. The summed E-state index contributed by atoms with van der Waals surface area (Å²) >= 11 is 0. The zero-order valence-corrected chi connectivity index (χ0v) is 14.1. The number of nitrogens with two attached hydrogens (primary N) is 1. The smallest absolute Gasteiger partial charge is 0.408 e. The van der Waals surface area contributed by atoms with Crippen molar-refractivity contribution in [2.75, 3.05) is 6.54 Å².